The Bertz CT molecular complexity index is 665. The number of nitrogens with zero attached hydrogens (tertiary/aromatic N) is 4. The monoisotopic (exact) mass is 356 g/mol. The molecule has 0 spiro atoms. The highest BCUT2D eigenvalue weighted by Crippen LogP contribution is 2.16. The molecule has 0 aliphatic carbocycles. The van der Waals surface area contributed by atoms with E-state index in [0.29, 0.717) is 24.4 Å². The fraction of sp³-hybridized carbons (Fsp3) is 0.467. The van der Waals surface area contributed by atoms with Crippen LogP contribution in [0.4, 0.5) is 4.39 Å². The van der Waals surface area contributed by atoms with Gasteiger partial charge in [0.05, 0.1) is 0 Å². The van der Waals surface area contributed by atoms with Gasteiger partial charge < -0.3 is 10.6 Å². The Morgan fingerprint density at radius 3 is 2.75 bits per heavy atom. The lowest BCUT2D eigenvalue weighted by atomic mass is 10.0. The van der Waals surface area contributed by atoms with Crippen LogP contribution in [0.15, 0.2) is 24.3 Å². The third-order valence-corrected chi connectivity index (χ3v) is 3.65. The van der Waals surface area contributed by atoms with E-state index < -0.39 is 6.04 Å². The molecule has 1 aromatic heterocycles. The van der Waals surface area contributed by atoms with Crippen LogP contribution in [0.25, 0.3) is 0 Å². The van der Waals surface area contributed by atoms with E-state index >= 15 is 0 Å². The van der Waals surface area contributed by atoms with E-state index in [1.54, 1.807) is 19.1 Å². The van der Waals surface area contributed by atoms with Crippen LogP contribution < -0.4 is 10.6 Å². The van der Waals surface area contributed by atoms with E-state index in [1.165, 1.54) is 16.8 Å². The molecule has 24 heavy (non-hydrogen) atoms. The number of aromatic nitrogens is 4. The van der Waals surface area contributed by atoms with Crippen molar-refractivity contribution in [1.29, 1.82) is 0 Å². The molecule has 0 bridgehead atoms. The van der Waals surface area contributed by atoms with Crippen molar-refractivity contribution < 1.29 is 9.18 Å². The smallest absolute Gasteiger partial charge is 0.245 e. The summed E-state index contributed by atoms with van der Waals surface area (Å²) in [5.74, 6) is -0.00567. The molecule has 1 amide bonds. The summed E-state index contributed by atoms with van der Waals surface area (Å²) >= 11 is 0. The molecular weight excluding hydrogens is 335 g/mol. The predicted molar refractivity (Wildman–Crippen MR) is 90.5 cm³/mol. The maximum absolute atomic E-state index is 13.4. The molecule has 0 aliphatic rings. The molecule has 2 rings (SSSR count). The summed E-state index contributed by atoms with van der Waals surface area (Å²) in [6.07, 6.45) is 0.309. The molecule has 2 aromatic rings. The zero-order chi connectivity index (χ0) is 16.8. The van der Waals surface area contributed by atoms with Crippen molar-refractivity contribution in [3.05, 3.63) is 41.5 Å². The lowest BCUT2D eigenvalue weighted by Crippen LogP contribution is -2.41. The molecule has 7 nitrogen and oxygen atoms in total. The number of hydrogen-bond acceptors (Lipinski definition) is 5. The van der Waals surface area contributed by atoms with E-state index in [9.17, 15) is 9.18 Å². The highest BCUT2D eigenvalue weighted by Gasteiger charge is 2.24. The topological polar surface area (TPSA) is 84.7 Å². The van der Waals surface area contributed by atoms with Gasteiger partial charge in [-0.05, 0) is 49.0 Å². The standard InChI is InChI=1S/C15H21FN6O.ClH/c1-10(17-3)9-18-15(23)14(22-11(2)19-20-21-22)8-12-5-4-6-13(16)7-12;/h4-7,10,14,17H,8-9H2,1-3H3,(H,18,23);1H. The van der Waals surface area contributed by atoms with Gasteiger partial charge in [0.2, 0.25) is 5.91 Å². The largest absolute Gasteiger partial charge is 0.353 e. The first-order valence-electron chi connectivity index (χ1n) is 7.45. The average molecular weight is 357 g/mol. The van der Waals surface area contributed by atoms with Crippen LogP contribution in [-0.2, 0) is 11.2 Å². The zero-order valence-corrected chi connectivity index (χ0v) is 14.7. The number of benzene rings is 1. The van der Waals surface area contributed by atoms with Crippen molar-refractivity contribution in [3.63, 3.8) is 0 Å². The molecule has 0 radical (unpaired) electrons. The molecule has 0 saturated carbocycles. The van der Waals surface area contributed by atoms with Gasteiger partial charge in [0, 0.05) is 19.0 Å². The number of tetrazole rings is 1. The first kappa shape index (κ1) is 20.0. The maximum atomic E-state index is 13.4. The highest BCUT2D eigenvalue weighted by atomic mass is 35.5. The lowest BCUT2D eigenvalue weighted by molar-refractivity contribution is -0.124. The molecular formula is C15H22ClFN6O. The van der Waals surface area contributed by atoms with E-state index in [4.69, 9.17) is 0 Å². The van der Waals surface area contributed by atoms with Crippen LogP contribution in [0.1, 0.15) is 24.4 Å². The Hall–Kier alpha value is -2.06. The number of hydrogen-bond donors (Lipinski definition) is 2. The van der Waals surface area contributed by atoms with Gasteiger partial charge in [-0.2, -0.15) is 0 Å². The lowest BCUT2D eigenvalue weighted by Gasteiger charge is -2.19. The van der Waals surface area contributed by atoms with Crippen LogP contribution in [-0.4, -0.2) is 45.7 Å². The van der Waals surface area contributed by atoms with Crippen LogP contribution >= 0.6 is 12.4 Å². The van der Waals surface area contributed by atoms with Gasteiger partial charge in [-0.1, -0.05) is 12.1 Å². The third-order valence-electron chi connectivity index (χ3n) is 3.65. The normalized spacial score (nSPS) is 13.0. The van der Waals surface area contributed by atoms with Gasteiger partial charge in [0.15, 0.2) is 0 Å². The predicted octanol–water partition coefficient (Wildman–Crippen LogP) is 1.05. The summed E-state index contributed by atoms with van der Waals surface area (Å²) in [4.78, 5) is 12.6. The van der Waals surface area contributed by atoms with E-state index in [1.807, 2.05) is 14.0 Å². The number of rotatable bonds is 7. The fourth-order valence-electron chi connectivity index (χ4n) is 2.18. The minimum atomic E-state index is -0.629. The van der Waals surface area contributed by atoms with Crippen molar-refractivity contribution in [2.24, 2.45) is 0 Å². The van der Waals surface area contributed by atoms with Gasteiger partial charge in [-0.15, -0.1) is 17.5 Å². The highest BCUT2D eigenvalue weighted by molar-refractivity contribution is 5.85. The van der Waals surface area contributed by atoms with Crippen molar-refractivity contribution in [2.75, 3.05) is 13.6 Å². The summed E-state index contributed by atoms with van der Waals surface area (Å²) in [6, 6.07) is 5.69. The number of carbonyl (C=O) groups excluding carboxylic acids is 1. The molecule has 1 heterocycles. The zero-order valence-electron chi connectivity index (χ0n) is 13.9. The number of nitrogens with one attached hydrogen (secondary N) is 2. The van der Waals surface area contributed by atoms with Crippen LogP contribution in [0, 0.1) is 12.7 Å². The van der Waals surface area contributed by atoms with E-state index in [-0.39, 0.29) is 30.2 Å². The molecule has 2 unspecified atom stereocenters. The van der Waals surface area contributed by atoms with Gasteiger partial charge >= 0.3 is 0 Å². The molecule has 9 heteroatoms. The maximum Gasteiger partial charge on any atom is 0.245 e. The minimum Gasteiger partial charge on any atom is -0.353 e. The molecule has 0 fully saturated rings. The number of halogens is 2. The first-order chi connectivity index (χ1) is 11.0. The number of carbonyl (C=O) groups is 1. The van der Waals surface area contributed by atoms with Crippen LogP contribution in [0.3, 0.4) is 0 Å². The van der Waals surface area contributed by atoms with Gasteiger partial charge in [0.1, 0.15) is 17.7 Å². The van der Waals surface area contributed by atoms with Crippen molar-refractivity contribution in [2.45, 2.75) is 32.4 Å². The van der Waals surface area contributed by atoms with Crippen LogP contribution in [0.2, 0.25) is 0 Å². The molecule has 0 aliphatic heterocycles. The second kappa shape index (κ2) is 9.29. The summed E-state index contributed by atoms with van der Waals surface area (Å²) in [5, 5.41) is 17.2. The quantitative estimate of drug-likeness (QED) is 0.774. The van der Waals surface area contributed by atoms with E-state index in [2.05, 4.69) is 26.2 Å². The SMILES string of the molecule is CNC(C)CNC(=O)C(Cc1cccc(F)c1)n1nnnc1C.Cl. The summed E-state index contributed by atoms with van der Waals surface area (Å²) < 4.78 is 14.8. The molecule has 2 atom stereocenters. The molecule has 2 N–H and O–H groups in total. The van der Waals surface area contributed by atoms with Gasteiger partial charge in [-0.3, -0.25) is 4.79 Å². The van der Waals surface area contributed by atoms with Crippen molar-refractivity contribution >= 4 is 18.3 Å². The van der Waals surface area contributed by atoms with Crippen molar-refractivity contribution in [1.82, 2.24) is 30.8 Å². The third kappa shape index (κ3) is 5.24. The summed E-state index contributed by atoms with van der Waals surface area (Å²) in [5.41, 5.74) is 0.710. The first-order valence-corrected chi connectivity index (χ1v) is 7.45. The Balaban J connectivity index is 0.00000288. The molecule has 1 aromatic carbocycles. The van der Waals surface area contributed by atoms with Crippen molar-refractivity contribution in [3.8, 4) is 0 Å². The Labute approximate surface area is 146 Å². The van der Waals surface area contributed by atoms with Crippen LogP contribution in [0.5, 0.6) is 0 Å². The Morgan fingerprint density at radius 1 is 1.42 bits per heavy atom. The number of amides is 1. The van der Waals surface area contributed by atoms with Gasteiger partial charge in [0.25, 0.3) is 0 Å². The molecule has 0 saturated heterocycles. The number of likely N-dealkylation sites (N-methyl/N-ethyl adjacent to an activating group) is 1. The minimum absolute atomic E-state index is 0. The second-order valence-electron chi connectivity index (χ2n) is 5.46. The molecule has 132 valence electrons. The van der Waals surface area contributed by atoms with Gasteiger partial charge in [-0.25, -0.2) is 9.07 Å². The summed E-state index contributed by atoms with van der Waals surface area (Å²) in [7, 11) is 1.83. The number of aryl methyl sites for hydroxylation is 1. The Morgan fingerprint density at radius 2 is 2.17 bits per heavy atom. The Kier molecular flexibility index (Phi) is 7.73. The summed E-state index contributed by atoms with van der Waals surface area (Å²) in [6.45, 7) is 4.17. The average Bonchev–Trinajstić information content (AvgIpc) is 2.95. The fourth-order valence-corrected chi connectivity index (χ4v) is 2.18. The second-order valence-corrected chi connectivity index (χ2v) is 5.46. The van der Waals surface area contributed by atoms with E-state index in [0.717, 1.165) is 0 Å².